The molecule has 0 amide bonds. The second-order valence-corrected chi connectivity index (χ2v) is 17.8. The van der Waals surface area contributed by atoms with Gasteiger partial charge >= 0.3 is 0 Å². The third kappa shape index (κ3) is 5.67. The van der Waals surface area contributed by atoms with Gasteiger partial charge in [0.15, 0.2) is 5.78 Å². The summed E-state index contributed by atoms with van der Waals surface area (Å²) in [5.41, 5.74) is -1.55. The molecule has 9 heteroatoms. The largest absolute Gasteiger partial charge is 0.392 e. The van der Waals surface area contributed by atoms with Crippen LogP contribution in [0, 0.1) is 52.3 Å². The van der Waals surface area contributed by atoms with Crippen molar-refractivity contribution in [2.75, 3.05) is 27.4 Å². The average molecular weight is 709 g/mol. The third-order valence-corrected chi connectivity index (χ3v) is 14.2. The Hall–Kier alpha value is -2.27. The predicted molar refractivity (Wildman–Crippen MR) is 192 cm³/mol. The van der Waals surface area contributed by atoms with E-state index in [9.17, 15) is 30.0 Å². The molecular formula is C42H60O9. The molecule has 0 aromatic rings. The second kappa shape index (κ2) is 13.2. The minimum atomic E-state index is -1.58. The average Bonchev–Trinajstić information content (AvgIpc) is 3.66. The van der Waals surface area contributed by atoms with Gasteiger partial charge in [0.05, 0.1) is 30.8 Å². The number of rotatable bonds is 8. The smallest absolute Gasteiger partial charge is 0.226 e. The first-order valence-corrected chi connectivity index (χ1v) is 19.2. The van der Waals surface area contributed by atoms with Gasteiger partial charge in [-0.3, -0.25) is 14.4 Å². The molecule has 0 aromatic heterocycles. The highest BCUT2D eigenvalue weighted by Gasteiger charge is 2.62. The lowest BCUT2D eigenvalue weighted by Gasteiger charge is -2.44. The van der Waals surface area contributed by atoms with Crippen LogP contribution in [0.25, 0.3) is 0 Å². The highest BCUT2D eigenvalue weighted by molar-refractivity contribution is 6.49. The summed E-state index contributed by atoms with van der Waals surface area (Å²) in [7, 11) is 3.08. The highest BCUT2D eigenvalue weighted by Crippen LogP contribution is 2.62. The van der Waals surface area contributed by atoms with E-state index < -0.39 is 51.7 Å². The zero-order valence-electron chi connectivity index (χ0n) is 32.0. The van der Waals surface area contributed by atoms with Crippen molar-refractivity contribution >= 4 is 17.3 Å². The maximum Gasteiger partial charge on any atom is 0.226 e. The van der Waals surface area contributed by atoms with E-state index in [4.69, 9.17) is 9.47 Å². The van der Waals surface area contributed by atoms with Crippen LogP contribution >= 0.6 is 0 Å². The molecule has 9 nitrogen and oxygen atoms in total. The lowest BCUT2D eigenvalue weighted by molar-refractivity contribution is -0.138. The summed E-state index contributed by atoms with van der Waals surface area (Å²) in [5, 5.41) is 47.8. The molecule has 51 heavy (non-hydrogen) atoms. The number of Topliss-reactive ketones (excluding diaryl/α,β-unsaturated/α-hetero) is 3. The fraction of sp³-hybridized carbons (Fsp3) is 0.738. The van der Waals surface area contributed by atoms with Crippen molar-refractivity contribution in [2.24, 2.45) is 52.3 Å². The van der Waals surface area contributed by atoms with Crippen LogP contribution in [0.1, 0.15) is 93.4 Å². The fourth-order valence-electron chi connectivity index (χ4n) is 11.4. The van der Waals surface area contributed by atoms with Gasteiger partial charge in [-0.15, -0.1) is 0 Å². The Kier molecular flexibility index (Phi) is 9.98. The molecule has 4 N–H and O–H groups in total. The molecule has 11 atom stereocenters. The van der Waals surface area contributed by atoms with Crippen molar-refractivity contribution in [3.05, 3.63) is 45.6 Å². The van der Waals surface area contributed by atoms with Crippen LogP contribution in [0.4, 0.5) is 0 Å². The van der Waals surface area contributed by atoms with Crippen LogP contribution in [0.2, 0.25) is 0 Å². The van der Waals surface area contributed by atoms with E-state index in [1.54, 1.807) is 7.11 Å². The van der Waals surface area contributed by atoms with Gasteiger partial charge in [-0.25, -0.2) is 0 Å². The molecular weight excluding hydrogens is 648 g/mol. The summed E-state index contributed by atoms with van der Waals surface area (Å²) in [5.74, 6) is -3.47. The van der Waals surface area contributed by atoms with E-state index in [0.717, 1.165) is 11.1 Å². The molecule has 0 radical (unpaired) electrons. The molecule has 0 heterocycles. The molecule has 0 unspecified atom stereocenters. The molecule has 0 aromatic carbocycles. The van der Waals surface area contributed by atoms with Gasteiger partial charge in [0.25, 0.3) is 0 Å². The van der Waals surface area contributed by atoms with Gasteiger partial charge in [-0.1, -0.05) is 66.2 Å². The molecule has 0 bridgehead atoms. The number of carbonyl (C=O) groups is 3. The Morgan fingerprint density at radius 3 is 1.71 bits per heavy atom. The van der Waals surface area contributed by atoms with E-state index in [-0.39, 0.29) is 73.8 Å². The molecule has 0 saturated heterocycles. The van der Waals surface area contributed by atoms with E-state index >= 15 is 4.79 Å². The van der Waals surface area contributed by atoms with Crippen molar-refractivity contribution in [1.29, 1.82) is 0 Å². The molecule has 282 valence electrons. The number of carbonyl (C=O) groups excluding carboxylic acids is 3. The van der Waals surface area contributed by atoms with Crippen LogP contribution in [0.15, 0.2) is 45.6 Å². The molecule has 0 aliphatic heterocycles. The van der Waals surface area contributed by atoms with Gasteiger partial charge in [0.2, 0.25) is 11.6 Å². The van der Waals surface area contributed by atoms with Crippen molar-refractivity contribution in [2.45, 2.75) is 117 Å². The number of methoxy groups -OCH3 is 2. The standard InChI is InChI=1S/C42H60O9/c1-21(2)34-27-14-32(43)23(5)25-10-12-41(48,19-50-8)29(25)16-39(27,7)31(36(34)45)18-40-17-30-26(11-13-42(30,49)20-51-9)24(6)33(44)15-28(40)35(22(3)4)37(46)38(40)47/h16-17,21-26,31-33,43-44,48-49H,10-15,18-20H2,1-9H3/b29-16?,30-17+/t23-,24-,25+,26+,31+,32+,33+,39-,40+,41+,42+/m1/s1. The molecule has 6 rings (SSSR count). The fourth-order valence-corrected chi connectivity index (χ4v) is 11.4. The number of hydrogen-bond donors (Lipinski definition) is 4. The number of ketones is 3. The van der Waals surface area contributed by atoms with Crippen LogP contribution in [-0.2, 0) is 23.9 Å². The van der Waals surface area contributed by atoms with Gasteiger partial charge in [0.1, 0.15) is 11.2 Å². The molecule has 2 saturated carbocycles. The number of aliphatic hydroxyl groups is 4. The lowest BCUT2D eigenvalue weighted by atomic mass is 9.59. The van der Waals surface area contributed by atoms with E-state index in [1.165, 1.54) is 7.11 Å². The maximum atomic E-state index is 15.1. The van der Waals surface area contributed by atoms with Crippen molar-refractivity contribution < 1.29 is 44.3 Å². The number of fused-ring (bicyclic) bond motifs is 4. The van der Waals surface area contributed by atoms with Crippen molar-refractivity contribution in [3.8, 4) is 0 Å². The minimum absolute atomic E-state index is 0.00261. The van der Waals surface area contributed by atoms with Crippen molar-refractivity contribution in [3.63, 3.8) is 0 Å². The second-order valence-electron chi connectivity index (χ2n) is 17.8. The van der Waals surface area contributed by atoms with E-state index in [1.807, 2.05) is 54.5 Å². The first-order chi connectivity index (χ1) is 23.8. The quantitative estimate of drug-likeness (QED) is 0.205. The summed E-state index contributed by atoms with van der Waals surface area (Å²) in [4.78, 5) is 44.2. The molecule has 6 aliphatic carbocycles. The number of allylic oxidation sites excluding steroid dienone is 4. The minimum Gasteiger partial charge on any atom is -0.392 e. The van der Waals surface area contributed by atoms with Crippen LogP contribution < -0.4 is 0 Å². The topological polar surface area (TPSA) is 151 Å². The van der Waals surface area contributed by atoms with E-state index in [2.05, 4.69) is 6.08 Å². The Balaban J connectivity index is 1.64. The van der Waals surface area contributed by atoms with Crippen molar-refractivity contribution in [1.82, 2.24) is 0 Å². The number of ether oxygens (including phenoxy) is 2. The molecule has 0 spiro atoms. The summed E-state index contributed by atoms with van der Waals surface area (Å²) >= 11 is 0. The first kappa shape index (κ1) is 38.5. The van der Waals surface area contributed by atoms with Crippen LogP contribution in [0.5, 0.6) is 0 Å². The van der Waals surface area contributed by atoms with Crippen LogP contribution in [-0.4, -0.2) is 88.6 Å². The van der Waals surface area contributed by atoms with Crippen LogP contribution in [0.3, 0.4) is 0 Å². The van der Waals surface area contributed by atoms with Gasteiger partial charge in [-0.05, 0) is 103 Å². The lowest BCUT2D eigenvalue weighted by Crippen LogP contribution is -2.45. The monoisotopic (exact) mass is 708 g/mol. The Labute approximate surface area is 303 Å². The first-order valence-electron chi connectivity index (χ1n) is 19.2. The maximum absolute atomic E-state index is 15.1. The predicted octanol–water partition coefficient (Wildman–Crippen LogP) is 4.85. The van der Waals surface area contributed by atoms with Gasteiger partial charge < -0.3 is 29.9 Å². The Morgan fingerprint density at radius 2 is 1.24 bits per heavy atom. The number of aliphatic hydroxyl groups excluding tert-OH is 2. The van der Waals surface area contributed by atoms with Gasteiger partial charge in [0, 0.05) is 31.1 Å². The summed E-state index contributed by atoms with van der Waals surface area (Å²) in [6.07, 6.45) is 4.68. The highest BCUT2D eigenvalue weighted by atomic mass is 16.5. The Morgan fingerprint density at radius 1 is 0.765 bits per heavy atom. The van der Waals surface area contributed by atoms with Gasteiger partial charge in [-0.2, -0.15) is 0 Å². The molecule has 2 fully saturated rings. The molecule has 6 aliphatic rings. The normalized spacial score (nSPS) is 43.8. The van der Waals surface area contributed by atoms with E-state index in [0.29, 0.717) is 48.0 Å². The SMILES string of the molecule is COC[C@@]1(O)CC[C@@H]2C1=C[C@]1(C)C(=C(C(C)C)C(=O)[C@@H]1C[C@@]13/C=C4\[C@@H](CC[C@]4(O)COC)[C@@H](C)[C@@H](O)CC1=C(C(C)C)C(=O)C3=O)C[C@H](O)[C@@H]2C. The summed E-state index contributed by atoms with van der Waals surface area (Å²) < 4.78 is 11.1. The zero-order chi connectivity index (χ0) is 37.6. The summed E-state index contributed by atoms with van der Waals surface area (Å²) in [6, 6.07) is 0. The third-order valence-electron chi connectivity index (χ3n) is 14.2. The summed E-state index contributed by atoms with van der Waals surface area (Å²) in [6.45, 7) is 13.7. The zero-order valence-corrected chi connectivity index (χ0v) is 32.0. The number of hydrogen-bond acceptors (Lipinski definition) is 9. The Bertz CT molecular complexity index is 1610.